The van der Waals surface area contributed by atoms with Crippen molar-refractivity contribution in [3.63, 3.8) is 0 Å². The van der Waals surface area contributed by atoms with E-state index in [9.17, 15) is 9.59 Å². The van der Waals surface area contributed by atoms with Gasteiger partial charge < -0.3 is 10.6 Å². The van der Waals surface area contributed by atoms with Gasteiger partial charge in [0.1, 0.15) is 5.01 Å². The number of nitrogens with zero attached hydrogens (tertiary/aromatic N) is 2. The van der Waals surface area contributed by atoms with Crippen molar-refractivity contribution in [1.82, 2.24) is 15.5 Å². The smallest absolute Gasteiger partial charge is 0.251 e. The predicted molar refractivity (Wildman–Crippen MR) is 113 cm³/mol. The van der Waals surface area contributed by atoms with Crippen LogP contribution in [0.4, 0.5) is 5.13 Å². The third kappa shape index (κ3) is 6.47. The van der Waals surface area contributed by atoms with Crippen molar-refractivity contribution in [3.05, 3.63) is 76.8 Å². The summed E-state index contributed by atoms with van der Waals surface area (Å²) in [7, 11) is 0. The maximum Gasteiger partial charge on any atom is 0.251 e. The molecule has 2 amide bonds. The largest absolute Gasteiger partial charge is 0.352 e. The lowest BCUT2D eigenvalue weighted by atomic mass is 10.2. The highest BCUT2D eigenvalue weighted by Crippen LogP contribution is 2.22. The number of nitrogens with one attached hydrogen (secondary N) is 2. The molecule has 0 bridgehead atoms. The van der Waals surface area contributed by atoms with E-state index in [2.05, 4.69) is 33.0 Å². The summed E-state index contributed by atoms with van der Waals surface area (Å²) < 4.78 is 0. The van der Waals surface area contributed by atoms with Gasteiger partial charge in [0.2, 0.25) is 11.0 Å². The van der Waals surface area contributed by atoms with Gasteiger partial charge in [0.05, 0.1) is 0 Å². The van der Waals surface area contributed by atoms with Gasteiger partial charge in [-0.1, -0.05) is 59.9 Å². The SMILES string of the molecule is O=C(CCNC(=O)c1ccccc1)Nc1nnc(CSCc2ccccc2)s1. The Morgan fingerprint density at radius 2 is 1.64 bits per heavy atom. The van der Waals surface area contributed by atoms with Crippen molar-refractivity contribution >= 4 is 40.0 Å². The molecule has 0 aliphatic carbocycles. The molecule has 0 fully saturated rings. The van der Waals surface area contributed by atoms with Crippen LogP contribution in [0.1, 0.15) is 27.3 Å². The van der Waals surface area contributed by atoms with Crippen LogP contribution < -0.4 is 10.6 Å². The number of amides is 2. The lowest BCUT2D eigenvalue weighted by Gasteiger charge is -2.04. The minimum Gasteiger partial charge on any atom is -0.352 e. The molecule has 28 heavy (non-hydrogen) atoms. The Balaban J connectivity index is 1.36. The minimum absolute atomic E-state index is 0.177. The van der Waals surface area contributed by atoms with E-state index in [-0.39, 0.29) is 24.8 Å². The fourth-order valence-corrected chi connectivity index (χ4v) is 4.16. The Bertz CT molecular complexity index is 901. The zero-order chi connectivity index (χ0) is 19.6. The monoisotopic (exact) mass is 412 g/mol. The molecule has 0 aliphatic rings. The molecule has 0 radical (unpaired) electrons. The molecule has 8 heteroatoms. The van der Waals surface area contributed by atoms with Crippen LogP contribution in [0.3, 0.4) is 0 Å². The summed E-state index contributed by atoms with van der Waals surface area (Å²) in [5.74, 6) is 1.26. The zero-order valence-corrected chi connectivity index (χ0v) is 16.8. The van der Waals surface area contributed by atoms with Crippen LogP contribution in [-0.4, -0.2) is 28.6 Å². The van der Waals surface area contributed by atoms with Crippen molar-refractivity contribution < 1.29 is 9.59 Å². The van der Waals surface area contributed by atoms with E-state index in [0.29, 0.717) is 10.7 Å². The molecule has 1 aromatic heterocycles. The number of carbonyl (C=O) groups excluding carboxylic acids is 2. The summed E-state index contributed by atoms with van der Waals surface area (Å²) in [4.78, 5) is 23.9. The second kappa shape index (κ2) is 10.6. The molecule has 0 atom stereocenters. The van der Waals surface area contributed by atoms with Crippen molar-refractivity contribution in [2.75, 3.05) is 11.9 Å². The molecular formula is C20H20N4O2S2. The molecule has 0 saturated heterocycles. The van der Waals surface area contributed by atoms with Crippen LogP contribution in [0.15, 0.2) is 60.7 Å². The highest BCUT2D eigenvalue weighted by atomic mass is 32.2. The first-order valence-corrected chi connectivity index (χ1v) is 10.7. The second-order valence-electron chi connectivity index (χ2n) is 5.90. The number of aromatic nitrogens is 2. The number of rotatable bonds is 9. The summed E-state index contributed by atoms with van der Waals surface area (Å²) in [6.07, 6.45) is 0.177. The average Bonchev–Trinajstić information content (AvgIpc) is 3.16. The topological polar surface area (TPSA) is 84.0 Å². The molecule has 0 saturated carbocycles. The maximum absolute atomic E-state index is 12.0. The molecule has 0 spiro atoms. The van der Waals surface area contributed by atoms with Crippen LogP contribution >= 0.6 is 23.1 Å². The van der Waals surface area contributed by atoms with E-state index in [4.69, 9.17) is 0 Å². The standard InChI is InChI=1S/C20H20N4O2S2/c25-17(11-12-21-19(26)16-9-5-2-6-10-16)22-20-24-23-18(28-20)14-27-13-15-7-3-1-4-8-15/h1-10H,11-14H2,(H,21,26)(H,22,24,25). The Morgan fingerprint density at radius 1 is 0.929 bits per heavy atom. The Morgan fingerprint density at radius 3 is 2.39 bits per heavy atom. The van der Waals surface area contributed by atoms with Crippen LogP contribution in [0.5, 0.6) is 0 Å². The van der Waals surface area contributed by atoms with Crippen LogP contribution in [-0.2, 0) is 16.3 Å². The Kier molecular flexibility index (Phi) is 7.57. The minimum atomic E-state index is -0.201. The van der Waals surface area contributed by atoms with E-state index in [1.54, 1.807) is 36.0 Å². The molecule has 6 nitrogen and oxygen atoms in total. The van der Waals surface area contributed by atoms with Gasteiger partial charge in [-0.2, -0.15) is 0 Å². The van der Waals surface area contributed by atoms with Crippen LogP contribution in [0.25, 0.3) is 0 Å². The summed E-state index contributed by atoms with van der Waals surface area (Å²) in [6.45, 7) is 0.262. The summed E-state index contributed by atoms with van der Waals surface area (Å²) in [5.41, 5.74) is 1.84. The zero-order valence-electron chi connectivity index (χ0n) is 15.1. The van der Waals surface area contributed by atoms with Gasteiger partial charge in [-0.05, 0) is 17.7 Å². The van der Waals surface area contributed by atoms with Gasteiger partial charge in [0.15, 0.2) is 0 Å². The molecule has 3 rings (SSSR count). The average molecular weight is 413 g/mol. The van der Waals surface area contributed by atoms with E-state index in [1.165, 1.54) is 16.9 Å². The third-order valence-electron chi connectivity index (χ3n) is 3.72. The molecule has 0 aliphatic heterocycles. The third-order valence-corrected chi connectivity index (χ3v) is 5.76. The lowest BCUT2D eigenvalue weighted by Crippen LogP contribution is -2.27. The second-order valence-corrected chi connectivity index (χ2v) is 7.95. The molecule has 0 unspecified atom stereocenters. The first-order chi connectivity index (χ1) is 13.7. The van der Waals surface area contributed by atoms with Gasteiger partial charge >= 0.3 is 0 Å². The number of thioether (sulfide) groups is 1. The fourth-order valence-electron chi connectivity index (χ4n) is 2.36. The first-order valence-electron chi connectivity index (χ1n) is 8.78. The summed E-state index contributed by atoms with van der Waals surface area (Å²) >= 11 is 3.13. The normalized spacial score (nSPS) is 10.4. The van der Waals surface area contributed by atoms with E-state index in [0.717, 1.165) is 16.5 Å². The van der Waals surface area contributed by atoms with E-state index >= 15 is 0 Å². The van der Waals surface area contributed by atoms with Gasteiger partial charge in [-0.25, -0.2) is 0 Å². The van der Waals surface area contributed by atoms with Gasteiger partial charge in [-0.15, -0.1) is 22.0 Å². The lowest BCUT2D eigenvalue weighted by molar-refractivity contribution is -0.116. The fraction of sp³-hybridized carbons (Fsp3) is 0.200. The van der Waals surface area contributed by atoms with E-state index < -0.39 is 0 Å². The number of carbonyl (C=O) groups is 2. The molecule has 2 N–H and O–H groups in total. The molecule has 2 aromatic carbocycles. The van der Waals surface area contributed by atoms with Crippen molar-refractivity contribution in [3.8, 4) is 0 Å². The van der Waals surface area contributed by atoms with E-state index in [1.807, 2.05) is 24.3 Å². The van der Waals surface area contributed by atoms with Crippen molar-refractivity contribution in [2.45, 2.75) is 17.9 Å². The highest BCUT2D eigenvalue weighted by molar-refractivity contribution is 7.97. The predicted octanol–water partition coefficient (Wildman–Crippen LogP) is 3.73. The number of hydrogen-bond donors (Lipinski definition) is 2. The quantitative estimate of drug-likeness (QED) is 0.559. The number of hydrogen-bond acceptors (Lipinski definition) is 6. The van der Waals surface area contributed by atoms with Gasteiger partial charge in [0.25, 0.3) is 5.91 Å². The number of benzene rings is 2. The highest BCUT2D eigenvalue weighted by Gasteiger charge is 2.10. The first kappa shape index (κ1) is 20.0. The van der Waals surface area contributed by atoms with Crippen molar-refractivity contribution in [2.24, 2.45) is 0 Å². The Labute approximate surface area is 171 Å². The van der Waals surface area contributed by atoms with Gasteiger partial charge in [-0.3, -0.25) is 9.59 Å². The van der Waals surface area contributed by atoms with Crippen molar-refractivity contribution in [1.29, 1.82) is 0 Å². The maximum atomic E-state index is 12.0. The number of anilines is 1. The van der Waals surface area contributed by atoms with Crippen LogP contribution in [0, 0.1) is 0 Å². The molecule has 3 aromatic rings. The van der Waals surface area contributed by atoms with Gasteiger partial charge in [0, 0.05) is 30.0 Å². The summed E-state index contributed by atoms with van der Waals surface area (Å²) in [5, 5.41) is 14.9. The molecule has 1 heterocycles. The Hall–Kier alpha value is -2.71. The van der Waals surface area contributed by atoms with Crippen LogP contribution in [0.2, 0.25) is 0 Å². The molecule has 144 valence electrons. The summed E-state index contributed by atoms with van der Waals surface area (Å²) in [6, 6.07) is 19.1. The molecular weight excluding hydrogens is 392 g/mol.